The number of amides is 1. The maximum absolute atomic E-state index is 12.2. The molecule has 1 N–H and O–H groups in total. The molecule has 3 rings (SSSR count). The van der Waals surface area contributed by atoms with Crippen molar-refractivity contribution in [1.82, 2.24) is 5.32 Å². The van der Waals surface area contributed by atoms with Crippen LogP contribution in [0.25, 0.3) is 17.0 Å². The summed E-state index contributed by atoms with van der Waals surface area (Å²) in [5, 5.41) is 3.93. The average Bonchev–Trinajstić information content (AvgIpc) is 3.08. The fourth-order valence-electron chi connectivity index (χ4n) is 2.76. The number of rotatable bonds is 6. The number of benzene rings is 2. The number of hydrogen-bond acceptors (Lipinski definition) is 4. The van der Waals surface area contributed by atoms with Gasteiger partial charge in [0.25, 0.3) is 0 Å². The molecule has 0 saturated carbocycles. The molecule has 0 spiro atoms. The number of fused-ring (bicyclic) bond motifs is 1. The highest BCUT2D eigenvalue weighted by Gasteiger charge is 2.14. The molecule has 1 aromatic heterocycles. The lowest BCUT2D eigenvalue weighted by Crippen LogP contribution is -2.25. The van der Waals surface area contributed by atoms with Gasteiger partial charge in [0.2, 0.25) is 5.91 Å². The Morgan fingerprint density at radius 2 is 1.92 bits per heavy atom. The molecule has 1 amide bonds. The molecule has 1 heterocycles. The summed E-state index contributed by atoms with van der Waals surface area (Å²) >= 11 is 0. The minimum absolute atomic E-state index is 0.212. The van der Waals surface area contributed by atoms with Crippen LogP contribution in [0.2, 0.25) is 0 Å². The van der Waals surface area contributed by atoms with Crippen molar-refractivity contribution in [2.24, 2.45) is 0 Å². The molecule has 0 aliphatic rings. The van der Waals surface area contributed by atoms with Gasteiger partial charge in [-0.15, -0.1) is 0 Å². The molecule has 0 radical (unpaired) electrons. The fourth-order valence-corrected chi connectivity index (χ4v) is 2.76. The van der Waals surface area contributed by atoms with Crippen molar-refractivity contribution in [2.45, 2.75) is 13.0 Å². The summed E-state index contributed by atoms with van der Waals surface area (Å²) in [7, 11) is 3.19. The van der Waals surface area contributed by atoms with Crippen LogP contribution in [0.4, 0.5) is 0 Å². The zero-order chi connectivity index (χ0) is 18.5. The Morgan fingerprint density at radius 1 is 1.12 bits per heavy atom. The van der Waals surface area contributed by atoms with E-state index in [4.69, 9.17) is 13.9 Å². The Kier molecular flexibility index (Phi) is 5.27. The normalized spacial score (nSPS) is 12.3. The lowest BCUT2D eigenvalue weighted by atomic mass is 10.1. The number of hydrogen-bond donors (Lipinski definition) is 1. The van der Waals surface area contributed by atoms with Gasteiger partial charge < -0.3 is 19.2 Å². The number of para-hydroxylation sites is 1. The third-order valence-electron chi connectivity index (χ3n) is 4.11. The SMILES string of the molecule is COc1ccc(C(C)NC(=O)/C=C/c2cc3ccccc3o2)c(OC)c1. The molecule has 26 heavy (non-hydrogen) atoms. The van der Waals surface area contributed by atoms with Crippen LogP contribution >= 0.6 is 0 Å². The Balaban J connectivity index is 1.69. The molecule has 0 saturated heterocycles. The second kappa shape index (κ2) is 7.78. The van der Waals surface area contributed by atoms with Crippen molar-refractivity contribution >= 4 is 23.0 Å². The van der Waals surface area contributed by atoms with Gasteiger partial charge in [0.1, 0.15) is 22.8 Å². The van der Waals surface area contributed by atoms with Crippen LogP contribution < -0.4 is 14.8 Å². The molecule has 0 bridgehead atoms. The molecule has 1 atom stereocenters. The van der Waals surface area contributed by atoms with Crippen LogP contribution in [-0.2, 0) is 4.79 Å². The molecule has 0 aliphatic heterocycles. The molecule has 1 unspecified atom stereocenters. The first-order valence-electron chi connectivity index (χ1n) is 8.30. The van der Waals surface area contributed by atoms with Crippen LogP contribution in [0.15, 0.2) is 59.0 Å². The number of nitrogens with one attached hydrogen (secondary N) is 1. The molecule has 0 aliphatic carbocycles. The lowest BCUT2D eigenvalue weighted by molar-refractivity contribution is -0.117. The van der Waals surface area contributed by atoms with E-state index in [9.17, 15) is 4.79 Å². The summed E-state index contributed by atoms with van der Waals surface area (Å²) in [6, 6.07) is 14.9. The highest BCUT2D eigenvalue weighted by molar-refractivity contribution is 5.92. The first kappa shape index (κ1) is 17.6. The summed E-state index contributed by atoms with van der Waals surface area (Å²) in [5.41, 5.74) is 1.67. The molecule has 0 fully saturated rings. The smallest absolute Gasteiger partial charge is 0.244 e. The Morgan fingerprint density at radius 3 is 2.65 bits per heavy atom. The zero-order valence-electron chi connectivity index (χ0n) is 15.0. The molecule has 134 valence electrons. The number of ether oxygens (including phenoxy) is 2. The fraction of sp³-hybridized carbons (Fsp3) is 0.190. The predicted molar refractivity (Wildman–Crippen MR) is 101 cm³/mol. The van der Waals surface area contributed by atoms with Gasteiger partial charge in [-0.2, -0.15) is 0 Å². The van der Waals surface area contributed by atoms with E-state index < -0.39 is 0 Å². The maximum Gasteiger partial charge on any atom is 0.244 e. The number of methoxy groups -OCH3 is 2. The summed E-state index contributed by atoms with van der Waals surface area (Å²) < 4.78 is 16.3. The van der Waals surface area contributed by atoms with Crippen LogP contribution in [0, 0.1) is 0 Å². The highest BCUT2D eigenvalue weighted by Crippen LogP contribution is 2.29. The van der Waals surface area contributed by atoms with Gasteiger partial charge in [-0.05, 0) is 37.3 Å². The van der Waals surface area contributed by atoms with Crippen molar-refractivity contribution < 1.29 is 18.7 Å². The first-order valence-corrected chi connectivity index (χ1v) is 8.30. The lowest BCUT2D eigenvalue weighted by Gasteiger charge is -2.17. The van der Waals surface area contributed by atoms with E-state index in [1.54, 1.807) is 26.4 Å². The van der Waals surface area contributed by atoms with Crippen molar-refractivity contribution in [1.29, 1.82) is 0 Å². The average molecular weight is 351 g/mol. The first-order chi connectivity index (χ1) is 12.6. The second-order valence-corrected chi connectivity index (χ2v) is 5.86. The molecular formula is C21H21NO4. The molecule has 5 heteroatoms. The maximum atomic E-state index is 12.2. The van der Waals surface area contributed by atoms with E-state index >= 15 is 0 Å². The summed E-state index contributed by atoms with van der Waals surface area (Å²) in [6.07, 6.45) is 3.12. The van der Waals surface area contributed by atoms with Crippen LogP contribution in [-0.4, -0.2) is 20.1 Å². The van der Waals surface area contributed by atoms with Gasteiger partial charge >= 0.3 is 0 Å². The topological polar surface area (TPSA) is 60.7 Å². The van der Waals surface area contributed by atoms with Crippen molar-refractivity contribution in [3.05, 3.63) is 65.9 Å². The summed E-state index contributed by atoms with van der Waals surface area (Å²) in [4.78, 5) is 12.2. The Bertz CT molecular complexity index is 909. The van der Waals surface area contributed by atoms with Crippen LogP contribution in [0.3, 0.4) is 0 Å². The molecule has 3 aromatic rings. The quantitative estimate of drug-likeness (QED) is 0.671. The molecular weight excluding hydrogens is 330 g/mol. The van der Waals surface area contributed by atoms with Gasteiger partial charge in [0.05, 0.1) is 20.3 Å². The molecule has 5 nitrogen and oxygen atoms in total. The van der Waals surface area contributed by atoms with Gasteiger partial charge in [0.15, 0.2) is 0 Å². The van der Waals surface area contributed by atoms with Crippen LogP contribution in [0.5, 0.6) is 11.5 Å². The third kappa shape index (κ3) is 3.88. The molecule has 2 aromatic carbocycles. The van der Waals surface area contributed by atoms with Gasteiger partial charge in [0, 0.05) is 23.1 Å². The van der Waals surface area contributed by atoms with E-state index in [-0.39, 0.29) is 11.9 Å². The third-order valence-corrected chi connectivity index (χ3v) is 4.11. The van der Waals surface area contributed by atoms with Gasteiger partial charge in [-0.1, -0.05) is 18.2 Å². The Hall–Kier alpha value is -3.21. The Labute approximate surface area is 152 Å². The van der Waals surface area contributed by atoms with Crippen LogP contribution in [0.1, 0.15) is 24.3 Å². The van der Waals surface area contributed by atoms with Gasteiger partial charge in [-0.25, -0.2) is 0 Å². The highest BCUT2D eigenvalue weighted by atomic mass is 16.5. The number of furan rings is 1. The van der Waals surface area contributed by atoms with Crippen molar-refractivity contribution in [3.63, 3.8) is 0 Å². The monoisotopic (exact) mass is 351 g/mol. The number of carbonyl (C=O) groups is 1. The van der Waals surface area contributed by atoms with E-state index in [2.05, 4.69) is 5.32 Å². The predicted octanol–water partition coefficient (Wildman–Crippen LogP) is 4.34. The standard InChI is InChI=1S/C21H21NO4/c1-14(18-10-8-16(24-2)13-20(18)25-3)22-21(23)11-9-17-12-15-6-4-5-7-19(15)26-17/h4-14H,1-3H3,(H,22,23)/b11-9+. The van der Waals surface area contributed by atoms with Crippen molar-refractivity contribution in [2.75, 3.05) is 14.2 Å². The van der Waals surface area contributed by atoms with E-state index in [1.165, 1.54) is 6.08 Å². The van der Waals surface area contributed by atoms with Gasteiger partial charge in [-0.3, -0.25) is 4.79 Å². The van der Waals surface area contributed by atoms with E-state index in [0.717, 1.165) is 16.5 Å². The van der Waals surface area contributed by atoms with E-state index in [1.807, 2.05) is 49.4 Å². The second-order valence-electron chi connectivity index (χ2n) is 5.86. The number of carbonyl (C=O) groups excluding carboxylic acids is 1. The van der Waals surface area contributed by atoms with E-state index in [0.29, 0.717) is 17.3 Å². The summed E-state index contributed by atoms with van der Waals surface area (Å²) in [5.74, 6) is 1.79. The zero-order valence-corrected chi connectivity index (χ0v) is 15.0. The van der Waals surface area contributed by atoms with Crippen molar-refractivity contribution in [3.8, 4) is 11.5 Å². The largest absolute Gasteiger partial charge is 0.497 e. The minimum atomic E-state index is -0.219. The minimum Gasteiger partial charge on any atom is -0.497 e. The summed E-state index contributed by atoms with van der Waals surface area (Å²) in [6.45, 7) is 1.90.